The lowest BCUT2D eigenvalue weighted by atomic mass is 9.97. The molecule has 0 aliphatic heterocycles. The van der Waals surface area contributed by atoms with Gasteiger partial charge < -0.3 is 9.84 Å². The predicted octanol–water partition coefficient (Wildman–Crippen LogP) is 3.26. The SMILES string of the molecule is CC(C)Oc1ccc(C2(CO)CC2)cc1Br. The molecule has 2 nitrogen and oxygen atoms in total. The number of halogens is 1. The average molecular weight is 285 g/mol. The smallest absolute Gasteiger partial charge is 0.133 e. The van der Waals surface area contributed by atoms with Crippen LogP contribution in [0, 0.1) is 0 Å². The molecule has 0 bridgehead atoms. The van der Waals surface area contributed by atoms with E-state index in [1.807, 2.05) is 19.9 Å². The Labute approximate surface area is 105 Å². The lowest BCUT2D eigenvalue weighted by Gasteiger charge is -2.16. The van der Waals surface area contributed by atoms with E-state index in [-0.39, 0.29) is 18.1 Å². The molecule has 0 aromatic heterocycles. The third kappa shape index (κ3) is 2.25. The second-order valence-corrected chi connectivity index (χ2v) is 5.60. The van der Waals surface area contributed by atoms with Gasteiger partial charge in [-0.3, -0.25) is 0 Å². The number of aliphatic hydroxyl groups is 1. The average Bonchev–Trinajstić information content (AvgIpc) is 3.01. The molecule has 0 atom stereocenters. The zero-order valence-corrected chi connectivity index (χ0v) is 11.3. The van der Waals surface area contributed by atoms with Crippen molar-refractivity contribution in [1.29, 1.82) is 0 Å². The number of hydrogen-bond donors (Lipinski definition) is 1. The van der Waals surface area contributed by atoms with Crippen molar-refractivity contribution in [3.8, 4) is 5.75 Å². The standard InChI is InChI=1S/C13H17BrO2/c1-9(2)16-12-4-3-10(7-11(12)14)13(8-15)5-6-13/h3-4,7,9,15H,5-6,8H2,1-2H3. The normalized spacial score (nSPS) is 17.6. The van der Waals surface area contributed by atoms with Gasteiger partial charge in [0.1, 0.15) is 5.75 Å². The topological polar surface area (TPSA) is 29.5 Å². The Morgan fingerprint density at radius 1 is 1.44 bits per heavy atom. The Hall–Kier alpha value is -0.540. The van der Waals surface area contributed by atoms with E-state index in [0.717, 1.165) is 23.1 Å². The van der Waals surface area contributed by atoms with Gasteiger partial charge in [0.2, 0.25) is 0 Å². The fraction of sp³-hybridized carbons (Fsp3) is 0.538. The highest BCUT2D eigenvalue weighted by molar-refractivity contribution is 9.10. The molecule has 88 valence electrons. The summed E-state index contributed by atoms with van der Waals surface area (Å²) in [6, 6.07) is 6.11. The van der Waals surface area contributed by atoms with Gasteiger partial charge in [-0.15, -0.1) is 0 Å². The van der Waals surface area contributed by atoms with Crippen LogP contribution in [0.25, 0.3) is 0 Å². The maximum absolute atomic E-state index is 9.37. The lowest BCUT2D eigenvalue weighted by Crippen LogP contribution is -2.12. The minimum Gasteiger partial charge on any atom is -0.490 e. The third-order valence-corrected chi connectivity index (χ3v) is 3.68. The monoisotopic (exact) mass is 284 g/mol. The first-order chi connectivity index (χ1) is 7.57. The minimum absolute atomic E-state index is 0.0267. The molecule has 1 aromatic carbocycles. The first-order valence-electron chi connectivity index (χ1n) is 5.65. The van der Waals surface area contributed by atoms with Gasteiger partial charge in [0.25, 0.3) is 0 Å². The summed E-state index contributed by atoms with van der Waals surface area (Å²) in [6.07, 6.45) is 2.34. The molecule has 0 radical (unpaired) electrons. The van der Waals surface area contributed by atoms with Crippen molar-refractivity contribution < 1.29 is 9.84 Å². The fourth-order valence-electron chi connectivity index (χ4n) is 1.87. The zero-order valence-electron chi connectivity index (χ0n) is 9.66. The number of aliphatic hydroxyl groups excluding tert-OH is 1. The van der Waals surface area contributed by atoms with Crippen molar-refractivity contribution in [1.82, 2.24) is 0 Å². The molecule has 1 aliphatic carbocycles. The van der Waals surface area contributed by atoms with Gasteiger partial charge in [0, 0.05) is 5.41 Å². The van der Waals surface area contributed by atoms with Crippen molar-refractivity contribution in [2.24, 2.45) is 0 Å². The second kappa shape index (κ2) is 4.38. The summed E-state index contributed by atoms with van der Waals surface area (Å²) in [5, 5.41) is 9.37. The Morgan fingerprint density at radius 2 is 2.12 bits per heavy atom. The van der Waals surface area contributed by atoms with Crippen LogP contribution >= 0.6 is 15.9 Å². The van der Waals surface area contributed by atoms with Gasteiger partial charge in [-0.25, -0.2) is 0 Å². The summed E-state index contributed by atoms with van der Waals surface area (Å²) in [5.74, 6) is 0.868. The summed E-state index contributed by atoms with van der Waals surface area (Å²) >= 11 is 3.52. The largest absolute Gasteiger partial charge is 0.490 e. The van der Waals surface area contributed by atoms with Gasteiger partial charge in [0.15, 0.2) is 0 Å². The van der Waals surface area contributed by atoms with E-state index in [1.54, 1.807) is 0 Å². The Balaban J connectivity index is 2.23. The van der Waals surface area contributed by atoms with Crippen LogP contribution in [-0.4, -0.2) is 17.8 Å². The molecular formula is C13H17BrO2. The first kappa shape index (κ1) is 11.9. The summed E-state index contributed by atoms with van der Waals surface area (Å²) in [4.78, 5) is 0. The van der Waals surface area contributed by atoms with E-state index in [0.29, 0.717) is 0 Å². The predicted molar refractivity (Wildman–Crippen MR) is 67.9 cm³/mol. The van der Waals surface area contributed by atoms with Gasteiger partial charge in [-0.05, 0) is 60.3 Å². The summed E-state index contributed by atoms with van der Waals surface area (Å²) in [6.45, 7) is 4.26. The molecule has 1 aromatic rings. The van der Waals surface area contributed by atoms with Crippen molar-refractivity contribution in [2.75, 3.05) is 6.61 Å². The molecule has 0 amide bonds. The molecule has 0 heterocycles. The maximum atomic E-state index is 9.37. The van der Waals surface area contributed by atoms with Crippen LogP contribution in [0.3, 0.4) is 0 Å². The van der Waals surface area contributed by atoms with E-state index in [9.17, 15) is 5.11 Å². The van der Waals surface area contributed by atoms with E-state index in [2.05, 4.69) is 28.1 Å². The lowest BCUT2D eigenvalue weighted by molar-refractivity contribution is 0.239. The zero-order chi connectivity index (χ0) is 11.8. The Bertz CT molecular complexity index is 384. The highest BCUT2D eigenvalue weighted by Crippen LogP contribution is 2.48. The molecule has 1 N–H and O–H groups in total. The summed E-state index contributed by atoms with van der Waals surface area (Å²) < 4.78 is 6.63. The Kier molecular flexibility index (Phi) is 3.27. The van der Waals surface area contributed by atoms with Crippen molar-refractivity contribution in [3.05, 3.63) is 28.2 Å². The van der Waals surface area contributed by atoms with Crippen molar-refractivity contribution in [2.45, 2.75) is 38.2 Å². The molecule has 0 spiro atoms. The van der Waals surface area contributed by atoms with Crippen LogP contribution in [-0.2, 0) is 5.41 Å². The van der Waals surface area contributed by atoms with Crippen molar-refractivity contribution in [3.63, 3.8) is 0 Å². The molecule has 1 aliphatic rings. The number of benzene rings is 1. The molecule has 1 fully saturated rings. The highest BCUT2D eigenvalue weighted by atomic mass is 79.9. The third-order valence-electron chi connectivity index (χ3n) is 3.06. The van der Waals surface area contributed by atoms with Gasteiger partial charge in [-0.2, -0.15) is 0 Å². The van der Waals surface area contributed by atoms with Crippen LogP contribution in [0.15, 0.2) is 22.7 Å². The fourth-order valence-corrected chi connectivity index (χ4v) is 2.34. The number of ether oxygens (including phenoxy) is 1. The highest BCUT2D eigenvalue weighted by Gasteiger charge is 2.43. The van der Waals surface area contributed by atoms with E-state index in [1.165, 1.54) is 5.56 Å². The first-order valence-corrected chi connectivity index (χ1v) is 6.44. The quantitative estimate of drug-likeness (QED) is 0.920. The van der Waals surface area contributed by atoms with Gasteiger partial charge in [-0.1, -0.05) is 6.07 Å². The van der Waals surface area contributed by atoms with Crippen LogP contribution in [0.5, 0.6) is 5.75 Å². The molecule has 2 rings (SSSR count). The van der Waals surface area contributed by atoms with Crippen LogP contribution in [0.4, 0.5) is 0 Å². The van der Waals surface area contributed by atoms with E-state index in [4.69, 9.17) is 4.74 Å². The molecule has 0 unspecified atom stereocenters. The number of rotatable bonds is 4. The van der Waals surface area contributed by atoms with Crippen LogP contribution in [0.2, 0.25) is 0 Å². The Morgan fingerprint density at radius 3 is 2.56 bits per heavy atom. The summed E-state index contributed by atoms with van der Waals surface area (Å²) in [5.41, 5.74) is 1.23. The minimum atomic E-state index is 0.0267. The second-order valence-electron chi connectivity index (χ2n) is 4.75. The van der Waals surface area contributed by atoms with Crippen molar-refractivity contribution >= 4 is 15.9 Å². The molecule has 0 saturated heterocycles. The van der Waals surface area contributed by atoms with Gasteiger partial charge in [0.05, 0.1) is 17.2 Å². The maximum Gasteiger partial charge on any atom is 0.133 e. The molecule has 1 saturated carbocycles. The number of hydrogen-bond acceptors (Lipinski definition) is 2. The summed E-state index contributed by atoms with van der Waals surface area (Å²) in [7, 11) is 0. The van der Waals surface area contributed by atoms with Gasteiger partial charge >= 0.3 is 0 Å². The van der Waals surface area contributed by atoms with Crippen LogP contribution in [0.1, 0.15) is 32.3 Å². The van der Waals surface area contributed by atoms with E-state index >= 15 is 0 Å². The van der Waals surface area contributed by atoms with Crippen LogP contribution < -0.4 is 4.74 Å². The molecule has 16 heavy (non-hydrogen) atoms. The molecule has 3 heteroatoms. The molecular weight excluding hydrogens is 268 g/mol. The van der Waals surface area contributed by atoms with E-state index < -0.39 is 0 Å².